The van der Waals surface area contributed by atoms with Crippen LogP contribution in [0.1, 0.15) is 5.56 Å². The van der Waals surface area contributed by atoms with Gasteiger partial charge < -0.3 is 0 Å². The van der Waals surface area contributed by atoms with E-state index in [1.165, 1.54) is 22.5 Å². The highest BCUT2D eigenvalue weighted by Crippen LogP contribution is 2.43. The second-order valence-electron chi connectivity index (χ2n) is 8.81. The van der Waals surface area contributed by atoms with Gasteiger partial charge in [0.25, 0.3) is 0 Å². The van der Waals surface area contributed by atoms with Crippen molar-refractivity contribution in [3.8, 4) is 11.1 Å². The van der Waals surface area contributed by atoms with Crippen LogP contribution in [-0.2, 0) is 6.18 Å². The second-order valence-corrected chi connectivity index (χ2v) is 8.81. The lowest BCUT2D eigenvalue weighted by Gasteiger charge is -2.18. The van der Waals surface area contributed by atoms with Crippen LogP contribution < -0.4 is 16.4 Å². The van der Waals surface area contributed by atoms with Gasteiger partial charge in [-0.1, -0.05) is 107 Å². The van der Waals surface area contributed by atoms with Crippen LogP contribution in [0.5, 0.6) is 0 Å². The Hall–Kier alpha value is -3.79. The monoisotopic (exact) mass is 432 g/mol. The van der Waals surface area contributed by atoms with Crippen LogP contribution in [0.2, 0.25) is 0 Å². The van der Waals surface area contributed by atoms with Crippen LogP contribution in [0.4, 0.5) is 13.2 Å². The van der Waals surface area contributed by atoms with Gasteiger partial charge in [-0.2, -0.15) is 13.2 Å². The van der Waals surface area contributed by atoms with E-state index in [-0.39, 0.29) is 12.1 Å². The standard InChI is InChI=1S/C29H16BF3/c31-29(32,33)23-15-12-17-10-14-22-27-18(11-13-20(23)26(17)27)16-25-28(22)21-8-4-5-9-24(21)30(25)19-6-2-1-3-7-19/h1-16H. The van der Waals surface area contributed by atoms with Crippen LogP contribution in [0.15, 0.2) is 97.1 Å². The van der Waals surface area contributed by atoms with Crippen molar-refractivity contribution in [2.75, 3.05) is 0 Å². The Morgan fingerprint density at radius 1 is 0.576 bits per heavy atom. The van der Waals surface area contributed by atoms with Gasteiger partial charge in [-0.05, 0) is 49.5 Å². The first kappa shape index (κ1) is 18.8. The first-order valence-corrected chi connectivity index (χ1v) is 11.0. The maximum Gasteiger partial charge on any atom is 0.417 e. The summed E-state index contributed by atoms with van der Waals surface area (Å²) in [5.41, 5.74) is 5.39. The molecule has 0 amide bonds. The molecule has 0 unspecified atom stereocenters. The van der Waals surface area contributed by atoms with Crippen LogP contribution in [-0.4, -0.2) is 6.71 Å². The van der Waals surface area contributed by atoms with Crippen LogP contribution >= 0.6 is 0 Å². The first-order chi connectivity index (χ1) is 16.0. The molecule has 0 aliphatic carbocycles. The number of hydrogen-bond donors (Lipinski definition) is 0. The normalized spacial score (nSPS) is 13.2. The molecule has 1 aliphatic heterocycles. The average Bonchev–Trinajstić information content (AvgIpc) is 3.16. The molecule has 0 bridgehead atoms. The molecule has 0 radical (unpaired) electrons. The maximum absolute atomic E-state index is 13.8. The van der Waals surface area contributed by atoms with Gasteiger partial charge in [0.05, 0.1) is 5.56 Å². The molecule has 0 N–H and O–H groups in total. The van der Waals surface area contributed by atoms with Crippen molar-refractivity contribution in [3.63, 3.8) is 0 Å². The van der Waals surface area contributed by atoms with E-state index >= 15 is 0 Å². The average molecular weight is 432 g/mol. The molecule has 6 aromatic carbocycles. The van der Waals surface area contributed by atoms with Gasteiger partial charge in [0, 0.05) is 0 Å². The molecule has 7 rings (SSSR count). The Morgan fingerprint density at radius 2 is 1.24 bits per heavy atom. The molecular formula is C29H16BF3. The molecule has 4 heteroatoms. The summed E-state index contributed by atoms with van der Waals surface area (Å²) in [5.74, 6) is 0. The van der Waals surface area contributed by atoms with Gasteiger partial charge in [-0.15, -0.1) is 0 Å². The first-order valence-electron chi connectivity index (χ1n) is 11.0. The van der Waals surface area contributed by atoms with E-state index in [0.29, 0.717) is 5.39 Å². The van der Waals surface area contributed by atoms with Gasteiger partial charge in [0.2, 0.25) is 6.71 Å². The van der Waals surface area contributed by atoms with Gasteiger partial charge in [0.1, 0.15) is 0 Å². The zero-order chi connectivity index (χ0) is 22.3. The summed E-state index contributed by atoms with van der Waals surface area (Å²) in [4.78, 5) is 0. The number of hydrogen-bond acceptors (Lipinski definition) is 0. The summed E-state index contributed by atoms with van der Waals surface area (Å²) >= 11 is 0. The molecule has 0 atom stereocenters. The lowest BCUT2D eigenvalue weighted by molar-refractivity contribution is -0.136. The van der Waals surface area contributed by atoms with Gasteiger partial charge >= 0.3 is 6.18 Å². The van der Waals surface area contributed by atoms with Crippen LogP contribution in [0, 0.1) is 0 Å². The van der Waals surface area contributed by atoms with Crippen molar-refractivity contribution in [1.29, 1.82) is 0 Å². The van der Waals surface area contributed by atoms with Crippen molar-refractivity contribution < 1.29 is 13.2 Å². The van der Waals surface area contributed by atoms with Crippen molar-refractivity contribution >= 4 is 55.4 Å². The zero-order valence-corrected chi connectivity index (χ0v) is 17.4. The lowest BCUT2D eigenvalue weighted by atomic mass is 9.39. The number of benzene rings is 6. The Balaban J connectivity index is 1.65. The third-order valence-corrected chi connectivity index (χ3v) is 7.10. The van der Waals surface area contributed by atoms with Gasteiger partial charge in [-0.25, -0.2) is 0 Å². The van der Waals surface area contributed by atoms with Crippen molar-refractivity contribution in [2.24, 2.45) is 0 Å². The van der Waals surface area contributed by atoms with E-state index in [2.05, 4.69) is 54.6 Å². The topological polar surface area (TPSA) is 0 Å². The Labute approximate surface area is 188 Å². The lowest BCUT2D eigenvalue weighted by Crippen LogP contribution is -2.48. The molecule has 33 heavy (non-hydrogen) atoms. The van der Waals surface area contributed by atoms with Crippen molar-refractivity contribution in [1.82, 2.24) is 0 Å². The molecular weight excluding hydrogens is 416 g/mol. The highest BCUT2D eigenvalue weighted by molar-refractivity contribution is 6.99. The smallest absolute Gasteiger partial charge is 0.166 e. The minimum atomic E-state index is -4.39. The molecule has 0 spiro atoms. The second kappa shape index (κ2) is 6.38. The quantitative estimate of drug-likeness (QED) is 0.217. The molecule has 0 saturated carbocycles. The predicted octanol–water partition coefficient (Wildman–Crippen LogP) is 6.10. The molecule has 0 nitrogen and oxygen atoms in total. The number of alkyl halides is 3. The Kier molecular flexibility index (Phi) is 3.63. The molecule has 1 aliphatic rings. The summed E-state index contributed by atoms with van der Waals surface area (Å²) in [6, 6.07) is 31.3. The highest BCUT2D eigenvalue weighted by Gasteiger charge is 2.36. The minimum absolute atomic E-state index is 0.102. The fourth-order valence-corrected chi connectivity index (χ4v) is 5.82. The SMILES string of the molecule is FC(F)(F)c1ccc2ccc3c4c(cc5ccc1c2c53)B(c1ccccc1)c1ccccc1-4. The molecule has 156 valence electrons. The van der Waals surface area contributed by atoms with Gasteiger partial charge in [0.15, 0.2) is 0 Å². The van der Waals surface area contributed by atoms with E-state index in [9.17, 15) is 13.2 Å². The summed E-state index contributed by atoms with van der Waals surface area (Å²) in [6.45, 7) is 0.102. The Bertz CT molecular complexity index is 1700. The van der Waals surface area contributed by atoms with E-state index < -0.39 is 11.7 Å². The fourth-order valence-electron chi connectivity index (χ4n) is 5.82. The number of halogens is 3. The summed E-state index contributed by atoms with van der Waals surface area (Å²) in [6.07, 6.45) is -4.39. The van der Waals surface area contributed by atoms with Crippen LogP contribution in [0.25, 0.3) is 43.4 Å². The van der Waals surface area contributed by atoms with E-state index in [0.717, 1.165) is 32.7 Å². The molecule has 6 aromatic rings. The Morgan fingerprint density at radius 3 is 2.06 bits per heavy atom. The molecule has 0 saturated heterocycles. The van der Waals surface area contributed by atoms with E-state index in [4.69, 9.17) is 0 Å². The summed E-state index contributed by atoms with van der Waals surface area (Å²) in [7, 11) is 0. The van der Waals surface area contributed by atoms with E-state index in [1.807, 2.05) is 24.3 Å². The molecule has 0 aromatic heterocycles. The molecule has 1 heterocycles. The van der Waals surface area contributed by atoms with Gasteiger partial charge in [-0.3, -0.25) is 0 Å². The molecule has 0 fully saturated rings. The predicted molar refractivity (Wildman–Crippen MR) is 132 cm³/mol. The third kappa shape index (κ3) is 2.49. The van der Waals surface area contributed by atoms with Crippen molar-refractivity contribution in [2.45, 2.75) is 6.18 Å². The van der Waals surface area contributed by atoms with Crippen LogP contribution in [0.3, 0.4) is 0 Å². The largest absolute Gasteiger partial charge is 0.417 e. The summed E-state index contributed by atoms with van der Waals surface area (Å²) < 4.78 is 41.4. The number of rotatable bonds is 1. The zero-order valence-electron chi connectivity index (χ0n) is 17.4. The summed E-state index contributed by atoms with van der Waals surface area (Å²) in [5, 5.41) is 4.72. The van der Waals surface area contributed by atoms with E-state index in [1.54, 1.807) is 12.1 Å². The highest BCUT2D eigenvalue weighted by atomic mass is 19.4. The maximum atomic E-state index is 13.8. The third-order valence-electron chi connectivity index (χ3n) is 7.10. The number of fused-ring (bicyclic) bond motifs is 4. The fraction of sp³-hybridized carbons (Fsp3) is 0.0345. The minimum Gasteiger partial charge on any atom is -0.166 e. The van der Waals surface area contributed by atoms with Crippen molar-refractivity contribution in [3.05, 3.63) is 103 Å².